The molecule has 0 aliphatic carbocycles. The second kappa shape index (κ2) is 6.96. The molecule has 2 rings (SSSR count). The molecule has 0 unspecified atom stereocenters. The lowest BCUT2D eigenvalue weighted by Gasteiger charge is -2.16. The Bertz CT molecular complexity index is 795. The summed E-state index contributed by atoms with van der Waals surface area (Å²) in [6.07, 6.45) is 0.923. The first-order valence-electron chi connectivity index (χ1n) is 7.58. The summed E-state index contributed by atoms with van der Waals surface area (Å²) in [5.41, 5.74) is 2.06. The van der Waals surface area contributed by atoms with Crippen molar-refractivity contribution in [3.8, 4) is 0 Å². The number of rotatable bonds is 6. The smallest absolute Gasteiger partial charge is 0.261 e. The van der Waals surface area contributed by atoms with Gasteiger partial charge in [-0.05, 0) is 43.0 Å². The van der Waals surface area contributed by atoms with Gasteiger partial charge in [0.2, 0.25) is 0 Å². The van der Waals surface area contributed by atoms with Crippen LogP contribution in [-0.4, -0.2) is 14.2 Å². The third-order valence-electron chi connectivity index (χ3n) is 3.92. The lowest BCUT2D eigenvalue weighted by Crippen LogP contribution is -2.15. The molecule has 0 amide bonds. The van der Waals surface area contributed by atoms with Gasteiger partial charge in [-0.3, -0.25) is 9.52 Å². The van der Waals surface area contributed by atoms with Crippen molar-refractivity contribution in [2.75, 3.05) is 4.72 Å². The van der Waals surface area contributed by atoms with E-state index in [1.807, 2.05) is 18.2 Å². The van der Waals surface area contributed by atoms with Crippen LogP contribution in [-0.2, 0) is 10.0 Å². The second-order valence-corrected chi connectivity index (χ2v) is 7.27. The Morgan fingerprint density at radius 1 is 1.09 bits per heavy atom. The summed E-state index contributed by atoms with van der Waals surface area (Å²) in [4.78, 5) is 11.4. The van der Waals surface area contributed by atoms with E-state index in [-0.39, 0.29) is 16.6 Å². The zero-order chi connectivity index (χ0) is 17.0. The standard InChI is InChI=1S/C18H21NO3S/c1-4-13(2)17-7-5-6-8-18(17)19-23(21,22)16-11-9-15(10-12-16)14(3)20/h5-13,19H,4H2,1-3H3/t13-/m1/s1. The van der Waals surface area contributed by atoms with Crippen LogP contribution in [0.2, 0.25) is 0 Å². The molecule has 2 aromatic carbocycles. The van der Waals surface area contributed by atoms with Crippen molar-refractivity contribution in [3.05, 3.63) is 59.7 Å². The molecule has 5 heteroatoms. The minimum absolute atomic E-state index is 0.0935. The highest BCUT2D eigenvalue weighted by Gasteiger charge is 2.17. The molecule has 0 aliphatic rings. The van der Waals surface area contributed by atoms with E-state index in [9.17, 15) is 13.2 Å². The quantitative estimate of drug-likeness (QED) is 0.807. The summed E-state index contributed by atoms with van der Waals surface area (Å²) in [5, 5.41) is 0. The fourth-order valence-electron chi connectivity index (χ4n) is 2.31. The van der Waals surface area contributed by atoms with Crippen LogP contribution in [0.1, 0.15) is 49.0 Å². The van der Waals surface area contributed by atoms with E-state index in [2.05, 4.69) is 18.6 Å². The van der Waals surface area contributed by atoms with E-state index in [1.54, 1.807) is 6.07 Å². The van der Waals surface area contributed by atoms with Gasteiger partial charge in [0.05, 0.1) is 10.6 Å². The summed E-state index contributed by atoms with van der Waals surface area (Å²) in [5.74, 6) is 0.165. The highest BCUT2D eigenvalue weighted by Crippen LogP contribution is 2.28. The van der Waals surface area contributed by atoms with Crippen LogP contribution >= 0.6 is 0 Å². The number of sulfonamides is 1. The average molecular weight is 331 g/mol. The Morgan fingerprint density at radius 3 is 2.26 bits per heavy atom. The van der Waals surface area contributed by atoms with E-state index in [4.69, 9.17) is 0 Å². The molecule has 0 bridgehead atoms. The highest BCUT2D eigenvalue weighted by molar-refractivity contribution is 7.92. The van der Waals surface area contributed by atoms with Crippen molar-refractivity contribution in [3.63, 3.8) is 0 Å². The van der Waals surface area contributed by atoms with Crippen LogP contribution in [0, 0.1) is 0 Å². The summed E-state index contributed by atoms with van der Waals surface area (Å²) in [6.45, 7) is 5.58. The lowest BCUT2D eigenvalue weighted by molar-refractivity contribution is 0.101. The number of carbonyl (C=O) groups excluding carboxylic acids is 1. The van der Waals surface area contributed by atoms with Crippen molar-refractivity contribution < 1.29 is 13.2 Å². The van der Waals surface area contributed by atoms with Crippen LogP contribution in [0.25, 0.3) is 0 Å². The first kappa shape index (κ1) is 17.2. The first-order chi connectivity index (χ1) is 10.8. The summed E-state index contributed by atoms with van der Waals surface area (Å²) in [7, 11) is -3.68. The fourth-order valence-corrected chi connectivity index (χ4v) is 3.40. The van der Waals surface area contributed by atoms with Crippen molar-refractivity contribution >= 4 is 21.5 Å². The second-order valence-electron chi connectivity index (χ2n) is 5.58. The largest absolute Gasteiger partial charge is 0.295 e. The van der Waals surface area contributed by atoms with Crippen LogP contribution in [0.5, 0.6) is 0 Å². The molecule has 0 spiro atoms. The van der Waals surface area contributed by atoms with Gasteiger partial charge in [0.15, 0.2) is 5.78 Å². The third-order valence-corrected chi connectivity index (χ3v) is 5.30. The predicted molar refractivity (Wildman–Crippen MR) is 92.4 cm³/mol. The zero-order valence-corrected chi connectivity index (χ0v) is 14.4. The van der Waals surface area contributed by atoms with E-state index in [0.29, 0.717) is 11.3 Å². The number of carbonyl (C=O) groups is 1. The number of Topliss-reactive ketones (excluding diaryl/α,β-unsaturated/α-hetero) is 1. The van der Waals surface area contributed by atoms with Crippen molar-refractivity contribution in [1.82, 2.24) is 0 Å². The van der Waals surface area contributed by atoms with Gasteiger partial charge >= 0.3 is 0 Å². The maximum Gasteiger partial charge on any atom is 0.261 e. The minimum atomic E-state index is -3.68. The molecular formula is C18H21NO3S. The molecule has 0 fully saturated rings. The molecule has 0 saturated heterocycles. The molecule has 2 aromatic rings. The Kier molecular flexibility index (Phi) is 5.21. The van der Waals surface area contributed by atoms with Crippen molar-refractivity contribution in [2.24, 2.45) is 0 Å². The molecule has 0 saturated carbocycles. The normalized spacial score (nSPS) is 12.7. The average Bonchev–Trinajstić information content (AvgIpc) is 2.54. The van der Waals surface area contributed by atoms with Gasteiger partial charge in [-0.1, -0.05) is 44.2 Å². The van der Waals surface area contributed by atoms with E-state index in [1.165, 1.54) is 31.2 Å². The van der Waals surface area contributed by atoms with Gasteiger partial charge in [0, 0.05) is 5.56 Å². The van der Waals surface area contributed by atoms with Crippen LogP contribution in [0.3, 0.4) is 0 Å². The highest BCUT2D eigenvalue weighted by atomic mass is 32.2. The molecule has 0 heterocycles. The van der Waals surface area contributed by atoms with E-state index in [0.717, 1.165) is 12.0 Å². The fraction of sp³-hybridized carbons (Fsp3) is 0.278. The minimum Gasteiger partial charge on any atom is -0.295 e. The number of para-hydroxylation sites is 1. The number of hydrogen-bond donors (Lipinski definition) is 1. The summed E-state index contributed by atoms with van der Waals surface area (Å²) in [6, 6.07) is 13.4. The monoisotopic (exact) mass is 331 g/mol. The lowest BCUT2D eigenvalue weighted by atomic mass is 9.97. The summed E-state index contributed by atoms with van der Waals surface area (Å²) >= 11 is 0. The van der Waals surface area contributed by atoms with Crippen LogP contribution in [0.15, 0.2) is 53.4 Å². The van der Waals surface area contributed by atoms with E-state index >= 15 is 0 Å². The molecule has 0 aliphatic heterocycles. The van der Waals surface area contributed by atoms with Gasteiger partial charge in [0.1, 0.15) is 0 Å². The number of anilines is 1. The first-order valence-corrected chi connectivity index (χ1v) is 9.06. The Hall–Kier alpha value is -2.14. The topological polar surface area (TPSA) is 63.2 Å². The molecule has 23 heavy (non-hydrogen) atoms. The molecular weight excluding hydrogens is 310 g/mol. The van der Waals surface area contributed by atoms with Gasteiger partial charge in [-0.25, -0.2) is 8.42 Å². The van der Waals surface area contributed by atoms with Gasteiger partial charge in [-0.15, -0.1) is 0 Å². The molecule has 0 radical (unpaired) electrons. The van der Waals surface area contributed by atoms with E-state index < -0.39 is 10.0 Å². The van der Waals surface area contributed by atoms with Crippen LogP contribution < -0.4 is 4.72 Å². The molecule has 4 nitrogen and oxygen atoms in total. The van der Waals surface area contributed by atoms with Crippen molar-refractivity contribution in [2.45, 2.75) is 38.0 Å². The number of nitrogens with one attached hydrogen (secondary N) is 1. The Morgan fingerprint density at radius 2 is 1.70 bits per heavy atom. The number of ketones is 1. The zero-order valence-electron chi connectivity index (χ0n) is 13.5. The maximum atomic E-state index is 12.5. The molecule has 1 atom stereocenters. The Labute approximate surface area is 137 Å². The number of hydrogen-bond acceptors (Lipinski definition) is 3. The van der Waals surface area contributed by atoms with Crippen molar-refractivity contribution in [1.29, 1.82) is 0 Å². The van der Waals surface area contributed by atoms with Crippen LogP contribution in [0.4, 0.5) is 5.69 Å². The summed E-state index contributed by atoms with van der Waals surface area (Å²) < 4.78 is 27.8. The predicted octanol–water partition coefficient (Wildman–Crippen LogP) is 4.20. The maximum absolute atomic E-state index is 12.5. The van der Waals surface area contributed by atoms with Gasteiger partial charge in [-0.2, -0.15) is 0 Å². The third kappa shape index (κ3) is 3.99. The molecule has 1 N–H and O–H groups in total. The number of benzene rings is 2. The van der Waals surface area contributed by atoms with Gasteiger partial charge in [0.25, 0.3) is 10.0 Å². The Balaban J connectivity index is 2.33. The molecule has 122 valence electrons. The molecule has 0 aromatic heterocycles. The SMILES string of the molecule is CC[C@@H](C)c1ccccc1NS(=O)(=O)c1ccc(C(C)=O)cc1. The van der Waals surface area contributed by atoms with Gasteiger partial charge < -0.3 is 0 Å².